The molecular formula is C27H33FO3Si. The third-order valence-corrected chi connectivity index (χ3v) is 10.7. The van der Waals surface area contributed by atoms with Crippen molar-refractivity contribution >= 4 is 18.7 Å². The minimum atomic E-state index is -2.81. The van der Waals surface area contributed by atoms with E-state index in [2.05, 4.69) is 45.0 Å². The molecule has 0 spiro atoms. The molecule has 5 heteroatoms. The third-order valence-electron chi connectivity index (χ3n) is 5.69. The monoisotopic (exact) mass is 452 g/mol. The number of hydrogen-bond acceptors (Lipinski definition) is 3. The third kappa shape index (κ3) is 5.73. The largest absolute Gasteiger partial charge is 0.405 e. The van der Waals surface area contributed by atoms with Gasteiger partial charge in [-0.25, -0.2) is 4.39 Å². The summed E-state index contributed by atoms with van der Waals surface area (Å²) in [7, 11) is -2.81. The molecule has 0 aliphatic heterocycles. The van der Waals surface area contributed by atoms with E-state index >= 15 is 0 Å². The minimum absolute atomic E-state index is 0.0941. The summed E-state index contributed by atoms with van der Waals surface area (Å²) in [5.41, 5.74) is 0.970. The molecule has 0 aliphatic carbocycles. The van der Waals surface area contributed by atoms with Crippen LogP contribution < -0.4 is 10.4 Å². The molecule has 170 valence electrons. The quantitative estimate of drug-likeness (QED) is 0.461. The smallest absolute Gasteiger partial charge is 0.261 e. The average Bonchev–Trinajstić information content (AvgIpc) is 2.80. The summed E-state index contributed by atoms with van der Waals surface area (Å²) in [6.45, 7) is 6.50. The first kappa shape index (κ1) is 24.3. The van der Waals surface area contributed by atoms with Crippen LogP contribution in [0.15, 0.2) is 91.0 Å². The van der Waals surface area contributed by atoms with Crippen LogP contribution >= 0.6 is 0 Å². The molecule has 0 radical (unpaired) electrons. The lowest BCUT2D eigenvalue weighted by molar-refractivity contribution is -0.0184. The van der Waals surface area contributed by atoms with Crippen LogP contribution in [0.25, 0.3) is 0 Å². The van der Waals surface area contributed by atoms with Gasteiger partial charge in [0.05, 0.1) is 19.8 Å². The van der Waals surface area contributed by atoms with Gasteiger partial charge in [0.1, 0.15) is 6.10 Å². The first-order chi connectivity index (χ1) is 15.3. The zero-order valence-electron chi connectivity index (χ0n) is 19.1. The van der Waals surface area contributed by atoms with E-state index in [1.807, 2.05) is 66.7 Å². The highest BCUT2D eigenvalue weighted by Crippen LogP contribution is 2.36. The normalized spacial score (nSPS) is 14.2. The number of rotatable bonds is 10. The van der Waals surface area contributed by atoms with Crippen molar-refractivity contribution in [2.24, 2.45) is 0 Å². The zero-order chi connectivity index (χ0) is 23.0. The van der Waals surface area contributed by atoms with Crippen molar-refractivity contribution in [3.8, 4) is 0 Å². The molecule has 0 amide bonds. The van der Waals surface area contributed by atoms with E-state index in [9.17, 15) is 9.50 Å². The van der Waals surface area contributed by atoms with Crippen molar-refractivity contribution < 1.29 is 18.7 Å². The van der Waals surface area contributed by atoms with E-state index in [4.69, 9.17) is 9.16 Å². The number of benzene rings is 3. The molecule has 3 aromatic carbocycles. The summed E-state index contributed by atoms with van der Waals surface area (Å²) >= 11 is 0. The van der Waals surface area contributed by atoms with Crippen molar-refractivity contribution in [3.63, 3.8) is 0 Å². The van der Waals surface area contributed by atoms with E-state index in [1.165, 1.54) is 0 Å². The van der Waals surface area contributed by atoms with E-state index in [0.717, 1.165) is 15.9 Å². The van der Waals surface area contributed by atoms with Crippen molar-refractivity contribution in [1.29, 1.82) is 0 Å². The second-order valence-electron chi connectivity index (χ2n) is 9.06. The maximum Gasteiger partial charge on any atom is 0.261 e. The first-order valence-electron chi connectivity index (χ1n) is 11.0. The number of halogens is 1. The van der Waals surface area contributed by atoms with Crippen molar-refractivity contribution in [3.05, 3.63) is 96.6 Å². The number of aliphatic hydroxyl groups is 1. The van der Waals surface area contributed by atoms with Crippen LogP contribution in [0.4, 0.5) is 4.39 Å². The Kier molecular flexibility index (Phi) is 8.37. The average molecular weight is 453 g/mol. The fourth-order valence-corrected chi connectivity index (χ4v) is 8.63. The predicted molar refractivity (Wildman–Crippen MR) is 131 cm³/mol. The molecule has 1 N–H and O–H groups in total. The summed E-state index contributed by atoms with van der Waals surface area (Å²) in [4.78, 5) is 0. The highest BCUT2D eigenvalue weighted by Gasteiger charge is 2.50. The maximum absolute atomic E-state index is 14.7. The van der Waals surface area contributed by atoms with Crippen LogP contribution in [0.1, 0.15) is 26.3 Å². The van der Waals surface area contributed by atoms with Crippen LogP contribution in [-0.2, 0) is 15.8 Å². The summed E-state index contributed by atoms with van der Waals surface area (Å²) < 4.78 is 26.8. The molecule has 0 fully saturated rings. The van der Waals surface area contributed by atoms with E-state index < -0.39 is 20.6 Å². The van der Waals surface area contributed by atoms with Crippen molar-refractivity contribution in [2.45, 2.75) is 44.7 Å². The molecule has 2 atom stereocenters. The highest BCUT2D eigenvalue weighted by molar-refractivity contribution is 6.99. The second-order valence-corrected chi connectivity index (χ2v) is 13.4. The molecule has 3 nitrogen and oxygen atoms in total. The summed E-state index contributed by atoms with van der Waals surface area (Å²) in [5.74, 6) is 0. The van der Waals surface area contributed by atoms with Gasteiger partial charge in [0, 0.05) is 0 Å². The van der Waals surface area contributed by atoms with Gasteiger partial charge in [0.15, 0.2) is 6.17 Å². The van der Waals surface area contributed by atoms with Gasteiger partial charge in [-0.05, 0) is 21.0 Å². The molecule has 0 aromatic heterocycles. The van der Waals surface area contributed by atoms with Gasteiger partial charge in [0.25, 0.3) is 8.32 Å². The summed E-state index contributed by atoms with van der Waals surface area (Å²) in [6, 6.07) is 29.9. The molecule has 3 aromatic rings. The predicted octanol–water partition coefficient (Wildman–Crippen LogP) is 4.48. The molecule has 3 rings (SSSR count). The van der Waals surface area contributed by atoms with Crippen molar-refractivity contribution in [2.75, 3.05) is 13.2 Å². The molecule has 32 heavy (non-hydrogen) atoms. The molecule has 0 heterocycles. The fraction of sp³-hybridized carbons (Fsp3) is 0.333. The Morgan fingerprint density at radius 2 is 1.25 bits per heavy atom. The van der Waals surface area contributed by atoms with Crippen LogP contribution in [0.3, 0.4) is 0 Å². The molecule has 0 saturated heterocycles. The van der Waals surface area contributed by atoms with Gasteiger partial charge in [0.2, 0.25) is 0 Å². The fourth-order valence-electron chi connectivity index (χ4n) is 4.05. The van der Waals surface area contributed by atoms with Gasteiger partial charge in [-0.3, -0.25) is 0 Å². The highest BCUT2D eigenvalue weighted by atomic mass is 28.4. The number of aliphatic hydroxyl groups excluding tert-OH is 1. The van der Waals surface area contributed by atoms with Crippen LogP contribution in [0, 0.1) is 0 Å². The molecule has 0 saturated carbocycles. The number of hydrogen-bond donors (Lipinski definition) is 1. The summed E-state index contributed by atoms with van der Waals surface area (Å²) in [5, 5.41) is 12.5. The zero-order valence-corrected chi connectivity index (χ0v) is 20.1. The Morgan fingerprint density at radius 3 is 1.72 bits per heavy atom. The van der Waals surface area contributed by atoms with Gasteiger partial charge in [-0.15, -0.1) is 0 Å². The molecule has 0 aliphatic rings. The lowest BCUT2D eigenvalue weighted by Crippen LogP contribution is -2.67. The van der Waals surface area contributed by atoms with Crippen LogP contribution in [0.2, 0.25) is 5.04 Å². The topological polar surface area (TPSA) is 38.7 Å². The standard InChI is InChI=1S/C27H33FO3Si/c1-27(2,3)32(23-15-9-5-10-16-23,24-17-11-6-12-18-24)31-21-26(29)25(28)20-30-19-22-13-7-4-8-14-22/h4-18,25-26,29H,19-21H2,1-3H3/t25-,26+/m1/s1. The Bertz CT molecular complexity index is 890. The van der Waals surface area contributed by atoms with Gasteiger partial charge >= 0.3 is 0 Å². The Hall–Kier alpha value is -2.31. The van der Waals surface area contributed by atoms with E-state index in [-0.39, 0.29) is 18.3 Å². The molecule has 0 unspecified atom stereocenters. The first-order valence-corrected chi connectivity index (χ1v) is 12.9. The lowest BCUT2D eigenvalue weighted by Gasteiger charge is -2.43. The van der Waals surface area contributed by atoms with Gasteiger partial charge in [-0.2, -0.15) is 0 Å². The van der Waals surface area contributed by atoms with Crippen LogP contribution in [-0.4, -0.2) is 38.9 Å². The van der Waals surface area contributed by atoms with Gasteiger partial charge in [-0.1, -0.05) is 112 Å². The van der Waals surface area contributed by atoms with Gasteiger partial charge < -0.3 is 14.3 Å². The maximum atomic E-state index is 14.7. The molecular weight excluding hydrogens is 419 g/mol. The second kappa shape index (κ2) is 11.0. The Morgan fingerprint density at radius 1 is 0.781 bits per heavy atom. The minimum Gasteiger partial charge on any atom is -0.405 e. The SMILES string of the molecule is CC(C)(C)[Si](OC[C@H](O)[C@H](F)COCc1ccccc1)(c1ccccc1)c1ccccc1. The Labute approximate surface area is 192 Å². The van der Waals surface area contributed by atoms with Crippen LogP contribution in [0.5, 0.6) is 0 Å². The van der Waals surface area contributed by atoms with E-state index in [0.29, 0.717) is 6.61 Å². The summed E-state index contributed by atoms with van der Waals surface area (Å²) in [6.07, 6.45) is -2.80. The molecule has 0 bridgehead atoms. The lowest BCUT2D eigenvalue weighted by atomic mass is 10.2. The Balaban J connectivity index is 1.75. The van der Waals surface area contributed by atoms with Crippen molar-refractivity contribution in [1.82, 2.24) is 0 Å². The number of ether oxygens (including phenoxy) is 1. The number of alkyl halides is 1. The van der Waals surface area contributed by atoms with E-state index in [1.54, 1.807) is 0 Å².